The zero-order valence-corrected chi connectivity index (χ0v) is 33.4. The van der Waals surface area contributed by atoms with E-state index in [-0.39, 0.29) is 41.4 Å². The highest BCUT2D eigenvalue weighted by atomic mass is 32.2. The maximum atomic E-state index is 14.9. The average Bonchev–Trinajstić information content (AvgIpc) is 3.33. The van der Waals surface area contributed by atoms with Gasteiger partial charge in [-0.3, -0.25) is 19.2 Å². The summed E-state index contributed by atoms with van der Waals surface area (Å²) in [6, 6.07) is -3.64. The van der Waals surface area contributed by atoms with Gasteiger partial charge in [-0.15, -0.1) is 0 Å². The summed E-state index contributed by atoms with van der Waals surface area (Å²) in [5.74, 6) is -2.50. The molecule has 13 heteroatoms. The molecule has 1 saturated heterocycles. The molecular formula is C38H65N5O7S. The molecule has 0 radical (unpaired) electrons. The van der Waals surface area contributed by atoms with Crippen molar-refractivity contribution in [3.8, 4) is 0 Å². The molecular weight excluding hydrogens is 671 g/mol. The highest BCUT2D eigenvalue weighted by Crippen LogP contribution is 2.65. The number of fused-ring (bicyclic) bond motifs is 1. The molecule has 12 nitrogen and oxygen atoms in total. The van der Waals surface area contributed by atoms with Crippen LogP contribution in [0.2, 0.25) is 0 Å². The van der Waals surface area contributed by atoms with Gasteiger partial charge in [0.1, 0.15) is 12.1 Å². The number of nitrogens with zero attached hydrogens (tertiary/aromatic N) is 1. The van der Waals surface area contributed by atoms with Crippen molar-refractivity contribution in [1.82, 2.24) is 26.2 Å². The molecule has 3 aliphatic carbocycles. The lowest BCUT2D eigenvalue weighted by molar-refractivity contribution is -0.146. The number of amides is 5. The van der Waals surface area contributed by atoms with Crippen molar-refractivity contribution in [3.63, 3.8) is 0 Å². The third-order valence-corrected chi connectivity index (χ3v) is 15.2. The molecule has 4 aliphatic rings. The molecule has 5 amide bonds. The minimum atomic E-state index is -3.56. The van der Waals surface area contributed by atoms with E-state index >= 15 is 0 Å². The van der Waals surface area contributed by atoms with Gasteiger partial charge in [-0.05, 0) is 89.4 Å². The van der Waals surface area contributed by atoms with Gasteiger partial charge in [-0.25, -0.2) is 13.2 Å². The van der Waals surface area contributed by atoms with Crippen LogP contribution < -0.4 is 21.3 Å². The Kier molecular flexibility index (Phi) is 12.4. The topological polar surface area (TPSA) is 171 Å². The molecule has 1 heterocycles. The maximum absolute atomic E-state index is 14.9. The third-order valence-electron chi connectivity index (χ3n) is 12.4. The summed E-state index contributed by atoms with van der Waals surface area (Å²) < 4.78 is 25.9. The second-order valence-electron chi connectivity index (χ2n) is 18.2. The Bertz CT molecular complexity index is 1440. The van der Waals surface area contributed by atoms with Gasteiger partial charge in [0.25, 0.3) is 5.91 Å². The number of carbonyl (C=O) groups excluding carboxylic acids is 5. The summed E-state index contributed by atoms with van der Waals surface area (Å²) in [5.41, 5.74) is -1.72. The molecule has 0 bridgehead atoms. The zero-order valence-electron chi connectivity index (χ0n) is 32.6. The third kappa shape index (κ3) is 8.92. The predicted molar refractivity (Wildman–Crippen MR) is 197 cm³/mol. The summed E-state index contributed by atoms with van der Waals surface area (Å²) in [6.07, 6.45) is 8.73. The highest BCUT2D eigenvalue weighted by Gasteiger charge is 2.70. The van der Waals surface area contributed by atoms with Gasteiger partial charge in [0.2, 0.25) is 17.6 Å². The van der Waals surface area contributed by atoms with Gasteiger partial charge in [0.05, 0.1) is 22.1 Å². The van der Waals surface area contributed by atoms with Gasteiger partial charge >= 0.3 is 6.03 Å². The van der Waals surface area contributed by atoms with E-state index < -0.39 is 67.3 Å². The number of likely N-dealkylation sites (tertiary alicyclic amines) is 1. The molecule has 0 aromatic heterocycles. The number of Topliss-reactive ketones (excluding diaryl/α,β-unsaturated/α-hetero) is 1. The summed E-state index contributed by atoms with van der Waals surface area (Å²) in [4.78, 5) is 70.5. The Balaban J connectivity index is 1.62. The summed E-state index contributed by atoms with van der Waals surface area (Å²) in [7, 11) is -3.56. The van der Waals surface area contributed by atoms with E-state index in [1.54, 1.807) is 39.5 Å². The Morgan fingerprint density at radius 2 is 1.41 bits per heavy atom. The monoisotopic (exact) mass is 735 g/mol. The van der Waals surface area contributed by atoms with Gasteiger partial charge in [-0.2, -0.15) is 0 Å². The second-order valence-corrected chi connectivity index (χ2v) is 20.9. The molecule has 290 valence electrons. The van der Waals surface area contributed by atoms with E-state index in [4.69, 9.17) is 0 Å². The molecule has 3 saturated carbocycles. The number of nitrogens with one attached hydrogen (secondary N) is 4. The maximum Gasteiger partial charge on any atom is 0.315 e. The molecule has 0 aromatic carbocycles. The zero-order chi connectivity index (χ0) is 38.2. The Labute approximate surface area is 306 Å². The molecule has 0 spiro atoms. The van der Waals surface area contributed by atoms with E-state index in [0.717, 1.165) is 38.5 Å². The lowest BCUT2D eigenvalue weighted by Gasteiger charge is -2.44. The largest absolute Gasteiger partial charge is 0.347 e. The van der Waals surface area contributed by atoms with Crippen molar-refractivity contribution in [2.75, 3.05) is 12.3 Å². The van der Waals surface area contributed by atoms with Crippen molar-refractivity contribution in [2.24, 2.45) is 22.7 Å². The molecule has 5 atom stereocenters. The smallest absolute Gasteiger partial charge is 0.315 e. The summed E-state index contributed by atoms with van der Waals surface area (Å²) in [5, 5.41) is 11.6. The minimum Gasteiger partial charge on any atom is -0.347 e. The van der Waals surface area contributed by atoms with Crippen molar-refractivity contribution in [3.05, 3.63) is 0 Å². The Hall–Kier alpha value is -2.70. The lowest BCUT2D eigenvalue weighted by atomic mass is 9.70. The van der Waals surface area contributed by atoms with E-state index in [0.29, 0.717) is 38.6 Å². The fraction of sp³-hybridized carbons (Fsp3) is 0.868. The highest BCUT2D eigenvalue weighted by molar-refractivity contribution is 7.92. The molecule has 1 unspecified atom stereocenters. The number of sulfone groups is 1. The molecule has 0 aromatic rings. The van der Waals surface area contributed by atoms with Crippen LogP contribution in [0, 0.1) is 22.7 Å². The number of carbonyl (C=O) groups is 5. The fourth-order valence-electron chi connectivity index (χ4n) is 8.99. The first-order valence-electron chi connectivity index (χ1n) is 19.4. The number of hydrogen-bond donors (Lipinski definition) is 4. The van der Waals surface area contributed by atoms with Crippen LogP contribution in [0.15, 0.2) is 0 Å². The van der Waals surface area contributed by atoms with Crippen LogP contribution in [-0.2, 0) is 29.0 Å². The molecule has 4 fully saturated rings. The SMILES string of the molecule is CCCC(NC(=O)[C@@H]1[C@@H]2[C@H](CN1C(=O)[C@@H](NC(=O)NC1(CS(=O)(=O)C(C)(C)C)CCCCC1)C1(C)CCCCC1)C2(C)C)C(=O)C(=O)NC(C)C. The van der Waals surface area contributed by atoms with Crippen LogP contribution in [0.4, 0.5) is 4.79 Å². The number of ketones is 1. The van der Waals surface area contributed by atoms with E-state index in [9.17, 15) is 32.4 Å². The van der Waals surface area contributed by atoms with Crippen molar-refractivity contribution in [2.45, 2.75) is 174 Å². The van der Waals surface area contributed by atoms with Crippen LogP contribution in [-0.4, -0.2) is 89.6 Å². The first-order valence-corrected chi connectivity index (χ1v) is 21.0. The minimum absolute atomic E-state index is 0.0727. The fourth-order valence-corrected chi connectivity index (χ4v) is 10.5. The van der Waals surface area contributed by atoms with Crippen LogP contribution in [0.1, 0.15) is 139 Å². The number of rotatable bonds is 13. The van der Waals surface area contributed by atoms with E-state index in [2.05, 4.69) is 35.1 Å². The second kappa shape index (κ2) is 15.3. The van der Waals surface area contributed by atoms with Gasteiger partial charge in [0.15, 0.2) is 9.84 Å². The molecule has 51 heavy (non-hydrogen) atoms. The van der Waals surface area contributed by atoms with Crippen molar-refractivity contribution >= 4 is 39.4 Å². The molecule has 1 aliphatic heterocycles. The first kappa shape index (κ1) is 41.1. The van der Waals surface area contributed by atoms with Crippen LogP contribution in [0.25, 0.3) is 0 Å². The number of piperidine rings is 1. The average molecular weight is 736 g/mol. The molecule has 4 N–H and O–H groups in total. The van der Waals surface area contributed by atoms with Crippen LogP contribution in [0.5, 0.6) is 0 Å². The number of hydrogen-bond acceptors (Lipinski definition) is 7. The van der Waals surface area contributed by atoms with Crippen molar-refractivity contribution < 1.29 is 32.4 Å². The summed E-state index contributed by atoms with van der Waals surface area (Å²) >= 11 is 0. The van der Waals surface area contributed by atoms with Gasteiger partial charge < -0.3 is 26.2 Å². The number of urea groups is 1. The van der Waals surface area contributed by atoms with Crippen LogP contribution in [0.3, 0.4) is 0 Å². The van der Waals surface area contributed by atoms with Crippen LogP contribution >= 0.6 is 0 Å². The predicted octanol–water partition coefficient (Wildman–Crippen LogP) is 4.40. The van der Waals surface area contributed by atoms with E-state index in [1.165, 1.54) is 0 Å². The Morgan fingerprint density at radius 1 is 0.843 bits per heavy atom. The quantitative estimate of drug-likeness (QED) is 0.203. The first-order chi connectivity index (χ1) is 23.6. The lowest BCUT2D eigenvalue weighted by Crippen LogP contribution is -2.65. The molecule has 4 rings (SSSR count). The van der Waals surface area contributed by atoms with E-state index in [1.807, 2.05) is 13.8 Å². The normalized spacial score (nSPS) is 26.3. The van der Waals surface area contributed by atoms with Gasteiger partial charge in [-0.1, -0.05) is 72.6 Å². The Morgan fingerprint density at radius 3 is 1.94 bits per heavy atom. The van der Waals surface area contributed by atoms with Crippen molar-refractivity contribution in [1.29, 1.82) is 0 Å². The summed E-state index contributed by atoms with van der Waals surface area (Å²) in [6.45, 7) is 16.9. The standard InChI is InChI=1S/C38H65N5O7S/c1-10-17-26(29(44)32(46)39-24(2)3)40-31(45)28-27-25(36(27,7)8)22-43(28)33(47)30(37(9)18-13-11-14-19-37)41-34(48)42-38(20-15-12-16-21-38)23-51(49,50)35(4,5)6/h24-28,30H,10-23H2,1-9H3,(H,39,46)(H,40,45)(H2,41,42,48)/t25-,26?,27-,28-,30+/m0/s1. The van der Waals surface area contributed by atoms with Gasteiger partial charge in [0, 0.05) is 12.6 Å².